The van der Waals surface area contributed by atoms with Gasteiger partial charge >= 0.3 is 0 Å². The number of allylic oxidation sites excluding steroid dienone is 2. The van der Waals surface area contributed by atoms with Gasteiger partial charge in [0, 0.05) is 0 Å². The highest BCUT2D eigenvalue weighted by Gasteiger charge is 2.32. The minimum absolute atomic E-state index is 0.926. The van der Waals surface area contributed by atoms with Crippen LogP contribution in [0.1, 0.15) is 128 Å². The maximum Gasteiger partial charge on any atom is -0.0177 e. The standard InChI is InChI=1S/C28H48/c1-5-13-23(14-6-1)27(24-15-7-2-8-16-24)21-22-28(25-17-9-3-10-18-25)26-19-11-4-12-20-26/h21-28H,1-20H2. The van der Waals surface area contributed by atoms with Crippen LogP contribution in [0.15, 0.2) is 12.2 Å². The number of hydrogen-bond acceptors (Lipinski definition) is 0. The first-order valence-corrected chi connectivity index (χ1v) is 13.6. The highest BCUT2D eigenvalue weighted by Crippen LogP contribution is 2.44. The molecule has 160 valence electrons. The lowest BCUT2D eigenvalue weighted by Crippen LogP contribution is -2.28. The van der Waals surface area contributed by atoms with Gasteiger partial charge in [0.25, 0.3) is 0 Å². The lowest BCUT2D eigenvalue weighted by molar-refractivity contribution is 0.169. The molecule has 4 aliphatic carbocycles. The summed E-state index contributed by atoms with van der Waals surface area (Å²) in [4.78, 5) is 0. The van der Waals surface area contributed by atoms with Crippen LogP contribution in [0.2, 0.25) is 0 Å². The molecule has 0 heterocycles. The SMILES string of the molecule is C(=CC(C1CCCCC1)C1CCCCC1)C(C1CCCCC1)C1CCCCC1. The van der Waals surface area contributed by atoms with E-state index < -0.39 is 0 Å². The molecule has 0 nitrogen and oxygen atoms in total. The van der Waals surface area contributed by atoms with Crippen LogP contribution in [0.3, 0.4) is 0 Å². The van der Waals surface area contributed by atoms with Crippen molar-refractivity contribution in [2.24, 2.45) is 35.5 Å². The Hall–Kier alpha value is -0.260. The van der Waals surface area contributed by atoms with Crippen LogP contribution in [0.5, 0.6) is 0 Å². The second-order valence-electron chi connectivity index (χ2n) is 11.1. The zero-order valence-electron chi connectivity index (χ0n) is 18.8. The summed E-state index contributed by atoms with van der Waals surface area (Å²) in [5.74, 6) is 5.93. The molecule has 0 amide bonds. The van der Waals surface area contributed by atoms with Crippen molar-refractivity contribution < 1.29 is 0 Å². The van der Waals surface area contributed by atoms with E-state index in [0.717, 1.165) is 35.5 Å². The predicted molar refractivity (Wildman–Crippen MR) is 122 cm³/mol. The van der Waals surface area contributed by atoms with Crippen molar-refractivity contribution in [2.75, 3.05) is 0 Å². The molecule has 0 unspecified atom stereocenters. The van der Waals surface area contributed by atoms with Crippen molar-refractivity contribution in [3.63, 3.8) is 0 Å². The van der Waals surface area contributed by atoms with E-state index in [2.05, 4.69) is 12.2 Å². The van der Waals surface area contributed by atoms with Crippen LogP contribution in [0.25, 0.3) is 0 Å². The molecule has 0 bridgehead atoms. The average Bonchev–Trinajstić information content (AvgIpc) is 2.79. The Morgan fingerprint density at radius 3 is 0.750 bits per heavy atom. The fourth-order valence-corrected chi connectivity index (χ4v) is 7.73. The van der Waals surface area contributed by atoms with Crippen LogP contribution >= 0.6 is 0 Å². The first kappa shape index (κ1) is 21.0. The fraction of sp³-hybridized carbons (Fsp3) is 0.929. The summed E-state index contributed by atoms with van der Waals surface area (Å²) in [6.45, 7) is 0. The van der Waals surface area contributed by atoms with E-state index in [-0.39, 0.29) is 0 Å². The molecule has 0 radical (unpaired) electrons. The lowest BCUT2D eigenvalue weighted by Gasteiger charge is -2.39. The second-order valence-corrected chi connectivity index (χ2v) is 11.1. The van der Waals surface area contributed by atoms with Gasteiger partial charge in [-0.1, -0.05) is 89.2 Å². The highest BCUT2D eigenvalue weighted by atomic mass is 14.4. The first-order chi connectivity index (χ1) is 13.9. The topological polar surface area (TPSA) is 0 Å². The predicted octanol–water partition coefficient (Wildman–Crippen LogP) is 9.10. The van der Waals surface area contributed by atoms with E-state index in [9.17, 15) is 0 Å². The molecule has 4 fully saturated rings. The van der Waals surface area contributed by atoms with Crippen molar-refractivity contribution in [1.29, 1.82) is 0 Å². The maximum atomic E-state index is 2.86. The Morgan fingerprint density at radius 1 is 0.321 bits per heavy atom. The molecule has 0 saturated heterocycles. The lowest BCUT2D eigenvalue weighted by atomic mass is 9.67. The molecule has 4 rings (SSSR count). The first-order valence-electron chi connectivity index (χ1n) is 13.6. The summed E-state index contributed by atoms with van der Waals surface area (Å²) in [6, 6.07) is 0. The molecule has 0 aliphatic heterocycles. The molecule has 4 saturated carbocycles. The van der Waals surface area contributed by atoms with Gasteiger partial charge in [0.1, 0.15) is 0 Å². The Kier molecular flexibility index (Phi) is 8.41. The zero-order chi connectivity index (χ0) is 19.0. The molecular formula is C28H48. The van der Waals surface area contributed by atoms with Crippen molar-refractivity contribution in [1.82, 2.24) is 0 Å². The monoisotopic (exact) mass is 384 g/mol. The van der Waals surface area contributed by atoms with Gasteiger partial charge in [-0.05, 0) is 86.9 Å². The fourth-order valence-electron chi connectivity index (χ4n) is 7.73. The molecule has 0 spiro atoms. The molecule has 0 aromatic heterocycles. The quantitative estimate of drug-likeness (QED) is 0.400. The van der Waals surface area contributed by atoms with Gasteiger partial charge in [0.15, 0.2) is 0 Å². The van der Waals surface area contributed by atoms with Crippen molar-refractivity contribution in [3.05, 3.63) is 12.2 Å². The van der Waals surface area contributed by atoms with Gasteiger partial charge in [-0.2, -0.15) is 0 Å². The average molecular weight is 385 g/mol. The largest absolute Gasteiger partial charge is 0.0846 e. The molecule has 0 aromatic rings. The van der Waals surface area contributed by atoms with Gasteiger partial charge in [-0.15, -0.1) is 0 Å². The van der Waals surface area contributed by atoms with Crippen LogP contribution < -0.4 is 0 Å². The normalized spacial score (nSPS) is 27.9. The number of hydrogen-bond donors (Lipinski definition) is 0. The Morgan fingerprint density at radius 2 is 0.536 bits per heavy atom. The maximum absolute atomic E-state index is 2.86. The summed E-state index contributed by atoms with van der Waals surface area (Å²) in [6.07, 6.45) is 36.1. The molecule has 0 N–H and O–H groups in total. The third-order valence-electron chi connectivity index (χ3n) is 9.33. The smallest absolute Gasteiger partial charge is 0.0177 e. The van der Waals surface area contributed by atoms with E-state index in [1.807, 2.05) is 0 Å². The third kappa shape index (κ3) is 5.66. The van der Waals surface area contributed by atoms with Crippen LogP contribution in [-0.2, 0) is 0 Å². The highest BCUT2D eigenvalue weighted by molar-refractivity contribution is 5.02. The van der Waals surface area contributed by atoms with Crippen molar-refractivity contribution in [3.8, 4) is 0 Å². The summed E-state index contributed by atoms with van der Waals surface area (Å²) in [5, 5.41) is 0. The van der Waals surface area contributed by atoms with Gasteiger partial charge in [-0.25, -0.2) is 0 Å². The second kappa shape index (κ2) is 11.2. The zero-order valence-corrected chi connectivity index (χ0v) is 18.8. The minimum atomic E-state index is 0.926. The van der Waals surface area contributed by atoms with Crippen LogP contribution in [0.4, 0.5) is 0 Å². The minimum Gasteiger partial charge on any atom is -0.0846 e. The van der Waals surface area contributed by atoms with Gasteiger partial charge < -0.3 is 0 Å². The number of rotatable bonds is 6. The van der Waals surface area contributed by atoms with E-state index in [1.165, 1.54) is 128 Å². The third-order valence-corrected chi connectivity index (χ3v) is 9.33. The Bertz CT molecular complexity index is 361. The molecule has 4 aliphatic rings. The van der Waals surface area contributed by atoms with Crippen molar-refractivity contribution >= 4 is 0 Å². The van der Waals surface area contributed by atoms with E-state index in [1.54, 1.807) is 0 Å². The van der Waals surface area contributed by atoms with E-state index in [4.69, 9.17) is 0 Å². The molecular weight excluding hydrogens is 336 g/mol. The van der Waals surface area contributed by atoms with Gasteiger partial charge in [0.2, 0.25) is 0 Å². The van der Waals surface area contributed by atoms with E-state index in [0.29, 0.717) is 0 Å². The summed E-state index contributed by atoms with van der Waals surface area (Å²) in [5.41, 5.74) is 0. The van der Waals surface area contributed by atoms with Gasteiger partial charge in [-0.3, -0.25) is 0 Å². The van der Waals surface area contributed by atoms with Crippen molar-refractivity contribution in [2.45, 2.75) is 128 Å². The molecule has 0 heteroatoms. The summed E-state index contributed by atoms with van der Waals surface area (Å²) < 4.78 is 0. The van der Waals surface area contributed by atoms with Crippen LogP contribution in [-0.4, -0.2) is 0 Å². The van der Waals surface area contributed by atoms with Gasteiger partial charge in [0.05, 0.1) is 0 Å². The van der Waals surface area contributed by atoms with Crippen LogP contribution in [0, 0.1) is 35.5 Å². The molecule has 28 heavy (non-hydrogen) atoms. The van der Waals surface area contributed by atoms with E-state index >= 15 is 0 Å². The molecule has 0 atom stereocenters. The molecule has 0 aromatic carbocycles. The Balaban J connectivity index is 1.49. The Labute approximate surface area is 176 Å². The summed E-state index contributed by atoms with van der Waals surface area (Å²) >= 11 is 0. The summed E-state index contributed by atoms with van der Waals surface area (Å²) in [7, 11) is 0.